The molecule has 1 aliphatic carbocycles. The Morgan fingerprint density at radius 3 is 2.90 bits per heavy atom. The smallest absolute Gasteiger partial charge is 0.320 e. The number of carbonyl (C=O) groups is 1. The van der Waals surface area contributed by atoms with Crippen molar-refractivity contribution in [3.05, 3.63) is 35.5 Å². The van der Waals surface area contributed by atoms with Crippen LogP contribution in [-0.4, -0.2) is 36.2 Å². The lowest BCUT2D eigenvalue weighted by atomic mass is 10.0. The van der Waals surface area contributed by atoms with Crippen LogP contribution in [0.4, 0.5) is 0 Å². The second-order valence-electron chi connectivity index (χ2n) is 5.14. The monoisotopic (exact) mass is 311 g/mol. The predicted octanol–water partition coefficient (Wildman–Crippen LogP) is 3.05. The molecule has 0 aromatic carbocycles. The van der Waals surface area contributed by atoms with Crippen LogP contribution in [0.25, 0.3) is 0 Å². The molecule has 0 aromatic heterocycles. The van der Waals surface area contributed by atoms with Crippen molar-refractivity contribution in [1.82, 2.24) is 0 Å². The van der Waals surface area contributed by atoms with E-state index in [1.807, 2.05) is 6.08 Å². The van der Waals surface area contributed by atoms with Crippen LogP contribution in [0.15, 0.2) is 35.5 Å². The number of hydrogen-bond donors (Lipinski definition) is 2. The van der Waals surface area contributed by atoms with Crippen LogP contribution in [-0.2, 0) is 9.53 Å². The van der Waals surface area contributed by atoms with Crippen LogP contribution in [0.3, 0.4) is 0 Å². The maximum Gasteiger partial charge on any atom is 0.320 e. The molecule has 0 amide bonds. The van der Waals surface area contributed by atoms with Crippen LogP contribution >= 0.6 is 8.58 Å². The first-order chi connectivity index (χ1) is 10.1. The quantitative estimate of drug-likeness (QED) is 0.642. The maximum atomic E-state index is 10.8. The molecule has 0 aromatic rings. The zero-order valence-electron chi connectivity index (χ0n) is 12.8. The summed E-state index contributed by atoms with van der Waals surface area (Å²) in [6.07, 6.45) is 12.6. The Labute approximate surface area is 128 Å². The molecule has 1 rings (SSSR count). The van der Waals surface area contributed by atoms with E-state index in [4.69, 9.17) is 15.6 Å². The number of ether oxygens (including phenoxy) is 1. The summed E-state index contributed by atoms with van der Waals surface area (Å²) in [4.78, 5) is 10.8. The standard InChI is InChI=1S/C16H26NO3P/c1-3-21-15(20-2)10-9-12-5-4-6-13(8-7-12)11-14(17)16(18)19/h4-5,7-8,14-15,21H,3,6,9-11,17H2,1-2H3,(H,18,19). The zero-order valence-corrected chi connectivity index (χ0v) is 13.8. The number of methoxy groups -OCH3 is 1. The van der Waals surface area contributed by atoms with Gasteiger partial charge in [0.2, 0.25) is 0 Å². The topological polar surface area (TPSA) is 72.6 Å². The van der Waals surface area contributed by atoms with Crippen LogP contribution in [0.2, 0.25) is 0 Å². The van der Waals surface area contributed by atoms with Crippen molar-refractivity contribution in [3.63, 3.8) is 0 Å². The molecule has 118 valence electrons. The van der Waals surface area contributed by atoms with Crippen molar-refractivity contribution in [2.45, 2.75) is 44.5 Å². The third kappa shape index (κ3) is 7.03. The SMILES string of the molecule is CCPC(CCC1=CC=C(CC(N)C(=O)O)CC=C1)OC. The number of carboxylic acids is 1. The number of aliphatic carboxylic acids is 1. The number of hydrogen-bond acceptors (Lipinski definition) is 3. The van der Waals surface area contributed by atoms with Gasteiger partial charge in [0.25, 0.3) is 0 Å². The van der Waals surface area contributed by atoms with Gasteiger partial charge >= 0.3 is 5.97 Å². The number of nitrogens with two attached hydrogens (primary N) is 1. The van der Waals surface area contributed by atoms with E-state index >= 15 is 0 Å². The number of allylic oxidation sites excluding steroid dienone is 5. The highest BCUT2D eigenvalue weighted by molar-refractivity contribution is 7.38. The largest absolute Gasteiger partial charge is 0.480 e. The second-order valence-corrected chi connectivity index (χ2v) is 6.90. The molecular weight excluding hydrogens is 285 g/mol. The first kappa shape index (κ1) is 18.1. The van der Waals surface area contributed by atoms with Gasteiger partial charge in [0.05, 0.1) is 5.85 Å². The highest BCUT2D eigenvalue weighted by Crippen LogP contribution is 2.26. The Morgan fingerprint density at radius 1 is 1.52 bits per heavy atom. The molecule has 5 heteroatoms. The minimum absolute atomic E-state index is 0.344. The summed E-state index contributed by atoms with van der Waals surface area (Å²) in [6, 6.07) is -0.816. The van der Waals surface area contributed by atoms with Crippen molar-refractivity contribution >= 4 is 14.6 Å². The van der Waals surface area contributed by atoms with Crippen LogP contribution in [0.5, 0.6) is 0 Å². The molecule has 0 heterocycles. The van der Waals surface area contributed by atoms with E-state index in [1.54, 1.807) is 7.11 Å². The van der Waals surface area contributed by atoms with Gasteiger partial charge in [-0.1, -0.05) is 45.4 Å². The molecule has 3 unspecified atom stereocenters. The lowest BCUT2D eigenvalue weighted by Crippen LogP contribution is -2.30. The summed E-state index contributed by atoms with van der Waals surface area (Å²) in [5.41, 5.74) is 7.91. The Hall–Kier alpha value is -0.960. The van der Waals surface area contributed by atoms with E-state index in [0.29, 0.717) is 12.3 Å². The minimum atomic E-state index is -0.947. The fourth-order valence-corrected chi connectivity index (χ4v) is 3.20. The number of carboxylic acid groups (broad SMARTS) is 1. The third-order valence-corrected chi connectivity index (χ3v) is 4.84. The Balaban J connectivity index is 2.55. The number of rotatable bonds is 9. The van der Waals surface area contributed by atoms with Gasteiger partial charge in [-0.25, -0.2) is 0 Å². The molecule has 4 nitrogen and oxygen atoms in total. The Kier molecular flexibility index (Phi) is 8.51. The van der Waals surface area contributed by atoms with Gasteiger partial charge in [-0.3, -0.25) is 4.79 Å². The molecule has 1 aliphatic rings. The summed E-state index contributed by atoms with van der Waals surface area (Å²) in [7, 11) is 2.62. The van der Waals surface area contributed by atoms with Gasteiger partial charge in [-0.2, -0.15) is 0 Å². The molecule has 3 N–H and O–H groups in total. The molecule has 3 atom stereocenters. The van der Waals surface area contributed by atoms with E-state index in [-0.39, 0.29) is 0 Å². The van der Waals surface area contributed by atoms with Crippen molar-refractivity contribution in [2.75, 3.05) is 13.3 Å². The Morgan fingerprint density at radius 2 is 2.29 bits per heavy atom. The lowest BCUT2D eigenvalue weighted by molar-refractivity contribution is -0.138. The Bertz CT molecular complexity index is 429. The van der Waals surface area contributed by atoms with Crippen molar-refractivity contribution in [2.24, 2.45) is 5.73 Å². The molecule has 0 bridgehead atoms. The van der Waals surface area contributed by atoms with E-state index in [0.717, 1.165) is 39.6 Å². The molecule has 21 heavy (non-hydrogen) atoms. The van der Waals surface area contributed by atoms with Gasteiger partial charge in [-0.15, -0.1) is 0 Å². The van der Waals surface area contributed by atoms with Crippen LogP contribution in [0, 0.1) is 0 Å². The molecular formula is C16H26NO3P. The molecule has 0 saturated heterocycles. The van der Waals surface area contributed by atoms with Crippen LogP contribution in [0.1, 0.15) is 32.6 Å². The van der Waals surface area contributed by atoms with E-state index in [1.165, 1.54) is 5.57 Å². The minimum Gasteiger partial charge on any atom is -0.480 e. The van der Waals surface area contributed by atoms with E-state index in [2.05, 4.69) is 25.2 Å². The van der Waals surface area contributed by atoms with Gasteiger partial charge in [0, 0.05) is 7.11 Å². The van der Waals surface area contributed by atoms with Gasteiger partial charge in [0.15, 0.2) is 0 Å². The highest BCUT2D eigenvalue weighted by atomic mass is 31.1. The lowest BCUT2D eigenvalue weighted by Gasteiger charge is -2.14. The molecule has 0 saturated carbocycles. The van der Waals surface area contributed by atoms with Gasteiger partial charge < -0.3 is 15.6 Å². The van der Waals surface area contributed by atoms with Gasteiger partial charge in [-0.05, 0) is 37.4 Å². The molecule has 0 radical (unpaired) electrons. The molecule has 0 spiro atoms. The highest BCUT2D eigenvalue weighted by Gasteiger charge is 2.13. The third-order valence-electron chi connectivity index (χ3n) is 3.46. The van der Waals surface area contributed by atoms with Crippen LogP contribution < -0.4 is 5.73 Å². The van der Waals surface area contributed by atoms with Crippen molar-refractivity contribution in [3.8, 4) is 0 Å². The first-order valence-electron chi connectivity index (χ1n) is 7.36. The molecule has 0 fully saturated rings. The van der Waals surface area contributed by atoms with Crippen molar-refractivity contribution in [1.29, 1.82) is 0 Å². The summed E-state index contributed by atoms with van der Waals surface area (Å²) < 4.78 is 5.48. The summed E-state index contributed by atoms with van der Waals surface area (Å²) >= 11 is 0. The normalized spacial score (nSPS) is 18.2. The zero-order chi connectivity index (χ0) is 15.7. The summed E-state index contributed by atoms with van der Waals surface area (Å²) in [6.45, 7) is 2.18. The van der Waals surface area contributed by atoms with Gasteiger partial charge in [0.1, 0.15) is 6.04 Å². The van der Waals surface area contributed by atoms with Crippen molar-refractivity contribution < 1.29 is 14.6 Å². The average molecular weight is 311 g/mol. The summed E-state index contributed by atoms with van der Waals surface area (Å²) in [5, 5.41) is 8.86. The maximum absolute atomic E-state index is 10.8. The first-order valence-corrected chi connectivity index (χ1v) is 8.65. The predicted molar refractivity (Wildman–Crippen MR) is 89.0 cm³/mol. The fraction of sp³-hybridized carbons (Fsp3) is 0.562. The average Bonchev–Trinajstić information content (AvgIpc) is 2.68. The van der Waals surface area contributed by atoms with E-state index in [9.17, 15) is 4.79 Å². The summed E-state index contributed by atoms with van der Waals surface area (Å²) in [5.74, 6) is -0.603. The fourth-order valence-electron chi connectivity index (χ4n) is 2.23. The second kappa shape index (κ2) is 9.88. The molecule has 0 aliphatic heterocycles. The van der Waals surface area contributed by atoms with E-state index < -0.39 is 12.0 Å².